The van der Waals surface area contributed by atoms with Gasteiger partial charge in [0.25, 0.3) is 0 Å². The second-order valence-corrected chi connectivity index (χ2v) is 6.50. The highest BCUT2D eigenvalue weighted by molar-refractivity contribution is 8.00. The Kier molecular flexibility index (Phi) is 6.00. The van der Waals surface area contributed by atoms with Crippen molar-refractivity contribution in [1.82, 2.24) is 10.2 Å². The molecule has 0 aromatic heterocycles. The molecule has 22 heavy (non-hydrogen) atoms. The molecule has 3 nitrogen and oxygen atoms in total. The van der Waals surface area contributed by atoms with Gasteiger partial charge in [0.15, 0.2) is 0 Å². The van der Waals surface area contributed by atoms with Gasteiger partial charge < -0.3 is 10.4 Å². The van der Waals surface area contributed by atoms with Crippen LogP contribution in [0.15, 0.2) is 23.1 Å². The molecular formula is C15H21F3N2OS. The van der Waals surface area contributed by atoms with Crippen LogP contribution >= 0.6 is 11.8 Å². The molecule has 1 aromatic carbocycles. The van der Waals surface area contributed by atoms with E-state index in [-0.39, 0.29) is 28.4 Å². The number of nitrogens with one attached hydrogen (secondary N) is 1. The van der Waals surface area contributed by atoms with Crippen molar-refractivity contribution in [2.75, 3.05) is 26.2 Å². The smallest absolute Gasteiger partial charge is 0.446 e. The predicted octanol–water partition coefficient (Wildman–Crippen LogP) is 3.75. The molecule has 7 heteroatoms. The van der Waals surface area contributed by atoms with E-state index < -0.39 is 5.51 Å². The molecule has 0 saturated carbocycles. The molecule has 1 saturated heterocycles. The topological polar surface area (TPSA) is 35.5 Å². The molecule has 2 N–H and O–H groups in total. The van der Waals surface area contributed by atoms with Gasteiger partial charge in [-0.2, -0.15) is 13.2 Å². The molecule has 0 radical (unpaired) electrons. The lowest BCUT2D eigenvalue weighted by atomic mass is 9.99. The Labute approximate surface area is 132 Å². The molecule has 1 atom stereocenters. The number of rotatable bonds is 5. The maximum Gasteiger partial charge on any atom is 0.446 e. The predicted molar refractivity (Wildman–Crippen MR) is 82.1 cm³/mol. The zero-order chi connectivity index (χ0) is 16.2. The lowest BCUT2D eigenvalue weighted by molar-refractivity contribution is -0.0328. The molecule has 124 valence electrons. The van der Waals surface area contributed by atoms with E-state index in [9.17, 15) is 18.3 Å². The highest BCUT2D eigenvalue weighted by atomic mass is 32.2. The van der Waals surface area contributed by atoms with Gasteiger partial charge in [-0.25, -0.2) is 0 Å². The number of piperazine rings is 1. The van der Waals surface area contributed by atoms with Crippen molar-refractivity contribution in [1.29, 1.82) is 0 Å². The number of hydrogen-bond acceptors (Lipinski definition) is 4. The fraction of sp³-hybridized carbons (Fsp3) is 0.600. The molecular weight excluding hydrogens is 313 g/mol. The van der Waals surface area contributed by atoms with Crippen LogP contribution in [0.25, 0.3) is 0 Å². The standard InChI is InChI=1S/C15H21F3N2OS/c1-2-3-13(20-8-6-19-7-9-20)12-10-11(4-5-14(12)21)22-15(16,17)18/h4-5,10,13,19,21H,2-3,6-9H2,1H3/t13-/m0/s1. The first kappa shape index (κ1) is 17.4. The average molecular weight is 334 g/mol. The molecule has 1 aliphatic heterocycles. The molecule has 1 aromatic rings. The van der Waals surface area contributed by atoms with Gasteiger partial charge >= 0.3 is 5.51 Å². The van der Waals surface area contributed by atoms with Crippen molar-refractivity contribution < 1.29 is 18.3 Å². The summed E-state index contributed by atoms with van der Waals surface area (Å²) in [6.45, 7) is 5.43. The van der Waals surface area contributed by atoms with Gasteiger partial charge in [0.1, 0.15) is 5.75 Å². The van der Waals surface area contributed by atoms with Crippen molar-refractivity contribution in [2.24, 2.45) is 0 Å². The van der Waals surface area contributed by atoms with E-state index >= 15 is 0 Å². The number of benzene rings is 1. The number of phenolic OH excluding ortho intramolecular Hbond substituents is 1. The average Bonchev–Trinajstić information content (AvgIpc) is 2.46. The first-order chi connectivity index (χ1) is 10.4. The second kappa shape index (κ2) is 7.57. The quantitative estimate of drug-likeness (QED) is 0.804. The third-order valence-electron chi connectivity index (χ3n) is 3.75. The van der Waals surface area contributed by atoms with Crippen molar-refractivity contribution >= 4 is 11.8 Å². The Morgan fingerprint density at radius 1 is 1.32 bits per heavy atom. The van der Waals surface area contributed by atoms with Crippen molar-refractivity contribution in [3.05, 3.63) is 23.8 Å². The van der Waals surface area contributed by atoms with Gasteiger partial charge in [-0.3, -0.25) is 4.90 Å². The number of halogens is 3. The Morgan fingerprint density at radius 2 is 2.00 bits per heavy atom. The first-order valence-electron chi connectivity index (χ1n) is 7.44. The summed E-state index contributed by atoms with van der Waals surface area (Å²) in [5.74, 6) is 0.0727. The normalized spacial score (nSPS) is 18.4. The van der Waals surface area contributed by atoms with Gasteiger partial charge in [0, 0.05) is 42.7 Å². The lowest BCUT2D eigenvalue weighted by Crippen LogP contribution is -2.45. The summed E-state index contributed by atoms with van der Waals surface area (Å²) in [7, 11) is 0. The monoisotopic (exact) mass is 334 g/mol. The van der Waals surface area contributed by atoms with Gasteiger partial charge in [-0.1, -0.05) is 13.3 Å². The van der Waals surface area contributed by atoms with E-state index in [0.717, 1.165) is 39.0 Å². The van der Waals surface area contributed by atoms with E-state index in [1.165, 1.54) is 18.2 Å². The van der Waals surface area contributed by atoms with Gasteiger partial charge in [-0.05, 0) is 36.4 Å². The molecule has 0 aliphatic carbocycles. The van der Waals surface area contributed by atoms with Gasteiger partial charge in [0.05, 0.1) is 0 Å². The maximum atomic E-state index is 12.6. The second-order valence-electron chi connectivity index (χ2n) is 5.36. The SMILES string of the molecule is CCC[C@@H](c1cc(SC(F)(F)F)ccc1O)N1CCNCC1. The number of aromatic hydroxyl groups is 1. The number of thioether (sulfide) groups is 1. The van der Waals surface area contributed by atoms with Crippen LogP contribution < -0.4 is 5.32 Å². The van der Waals surface area contributed by atoms with Crippen molar-refractivity contribution in [3.8, 4) is 5.75 Å². The Bertz CT molecular complexity index is 490. The fourth-order valence-corrected chi connectivity index (χ4v) is 3.39. The third-order valence-corrected chi connectivity index (χ3v) is 4.47. The summed E-state index contributed by atoms with van der Waals surface area (Å²) in [6.07, 6.45) is 1.72. The summed E-state index contributed by atoms with van der Waals surface area (Å²) in [5, 5.41) is 13.4. The highest BCUT2D eigenvalue weighted by Gasteiger charge is 2.30. The van der Waals surface area contributed by atoms with Crippen molar-refractivity contribution in [2.45, 2.75) is 36.2 Å². The first-order valence-corrected chi connectivity index (χ1v) is 8.26. The number of nitrogens with zero attached hydrogens (tertiary/aromatic N) is 1. The minimum Gasteiger partial charge on any atom is -0.508 e. The maximum absolute atomic E-state index is 12.6. The Morgan fingerprint density at radius 3 is 2.59 bits per heavy atom. The molecule has 0 bridgehead atoms. The number of alkyl halides is 3. The van der Waals surface area contributed by atoms with E-state index in [0.29, 0.717) is 5.56 Å². The van der Waals surface area contributed by atoms with E-state index in [1.807, 2.05) is 6.92 Å². The third kappa shape index (κ3) is 4.79. The summed E-state index contributed by atoms with van der Waals surface area (Å²) in [5.41, 5.74) is -3.72. The Hall–Kier alpha value is -0.920. The van der Waals surface area contributed by atoms with Crippen LogP contribution in [0.5, 0.6) is 5.75 Å². The molecule has 0 unspecified atom stereocenters. The zero-order valence-electron chi connectivity index (χ0n) is 12.5. The largest absolute Gasteiger partial charge is 0.508 e. The van der Waals surface area contributed by atoms with Crippen LogP contribution in [-0.4, -0.2) is 41.7 Å². The van der Waals surface area contributed by atoms with Crippen LogP contribution in [-0.2, 0) is 0 Å². The van der Waals surface area contributed by atoms with Gasteiger partial charge in [-0.15, -0.1) is 0 Å². The number of phenols is 1. The molecule has 1 heterocycles. The van der Waals surface area contributed by atoms with E-state index in [2.05, 4.69) is 10.2 Å². The summed E-state index contributed by atoms with van der Waals surface area (Å²) in [4.78, 5) is 2.36. The van der Waals surface area contributed by atoms with Gasteiger partial charge in [0.2, 0.25) is 0 Å². The highest BCUT2D eigenvalue weighted by Crippen LogP contribution is 2.41. The fourth-order valence-electron chi connectivity index (χ4n) is 2.80. The molecule has 0 spiro atoms. The summed E-state index contributed by atoms with van der Waals surface area (Å²) < 4.78 is 37.7. The van der Waals surface area contributed by atoms with Crippen LogP contribution in [0.3, 0.4) is 0 Å². The number of hydrogen-bond donors (Lipinski definition) is 2. The molecule has 2 rings (SSSR count). The summed E-state index contributed by atoms with van der Waals surface area (Å²) in [6, 6.07) is 4.13. The minimum atomic E-state index is -4.32. The molecule has 1 fully saturated rings. The van der Waals surface area contributed by atoms with Crippen LogP contribution in [0.2, 0.25) is 0 Å². The van der Waals surface area contributed by atoms with Crippen LogP contribution in [0.4, 0.5) is 13.2 Å². The van der Waals surface area contributed by atoms with Crippen LogP contribution in [0, 0.1) is 0 Å². The Balaban J connectivity index is 2.27. The molecule has 0 amide bonds. The summed E-state index contributed by atoms with van der Waals surface area (Å²) >= 11 is -0.136. The van der Waals surface area contributed by atoms with E-state index in [1.54, 1.807) is 0 Å². The van der Waals surface area contributed by atoms with Crippen molar-refractivity contribution in [3.63, 3.8) is 0 Å². The van der Waals surface area contributed by atoms with E-state index in [4.69, 9.17) is 0 Å². The minimum absolute atomic E-state index is 0.0408. The molecule has 1 aliphatic rings. The van der Waals surface area contributed by atoms with Crippen LogP contribution in [0.1, 0.15) is 31.4 Å². The lowest BCUT2D eigenvalue weighted by Gasteiger charge is -2.35. The zero-order valence-corrected chi connectivity index (χ0v) is 13.3.